The molecule has 1 aliphatic carbocycles. The highest BCUT2D eigenvalue weighted by atomic mass is 16.3. The van der Waals surface area contributed by atoms with E-state index in [4.69, 9.17) is 4.42 Å². The van der Waals surface area contributed by atoms with Crippen LogP contribution >= 0.6 is 0 Å². The molecular weight excluding hydrogens is 587 g/mol. The Balaban J connectivity index is 0.000000130. The molecule has 0 amide bonds. The molecule has 0 atom stereocenters. The number of furan rings is 1. The van der Waals surface area contributed by atoms with Gasteiger partial charge in [-0.05, 0) is 60.4 Å². The summed E-state index contributed by atoms with van der Waals surface area (Å²) in [5, 5.41) is 4.89. The molecule has 1 aliphatic rings. The molecule has 2 N–H and O–H groups in total. The zero-order valence-electron chi connectivity index (χ0n) is 27.4. The molecule has 236 valence electrons. The topological polar surface area (TPSA) is 42.1 Å². The maximum absolute atomic E-state index is 6.16. The third-order valence-electron chi connectivity index (χ3n) is 8.71. The minimum atomic E-state index is 0.788. The Morgan fingerprint density at radius 3 is 2.08 bits per heavy atom. The van der Waals surface area contributed by atoms with Crippen molar-refractivity contribution < 1.29 is 4.42 Å². The van der Waals surface area contributed by atoms with Crippen molar-refractivity contribution in [2.45, 2.75) is 19.9 Å². The highest BCUT2D eigenvalue weighted by Gasteiger charge is 2.15. The van der Waals surface area contributed by atoms with E-state index in [0.717, 1.165) is 23.4 Å². The van der Waals surface area contributed by atoms with E-state index in [-0.39, 0.29) is 0 Å². The summed E-state index contributed by atoms with van der Waals surface area (Å²) in [5.74, 6) is 0. The molecule has 0 bridgehead atoms. The third kappa shape index (κ3) is 6.66. The SMILES string of the molecule is CC1=CC=CC1.Cn1c2ccccc2c2ccc3c4ccccc4oc3c21.c1ccc(CNNc2cccc(-c3ccccc3)c2)cc1. The van der Waals surface area contributed by atoms with Gasteiger partial charge in [-0.25, -0.2) is 5.43 Å². The lowest BCUT2D eigenvalue weighted by Gasteiger charge is -2.10. The van der Waals surface area contributed by atoms with Gasteiger partial charge in [-0.3, -0.25) is 0 Å². The summed E-state index contributed by atoms with van der Waals surface area (Å²) in [4.78, 5) is 0. The quantitative estimate of drug-likeness (QED) is 0.187. The number of anilines is 1. The Kier molecular flexibility index (Phi) is 9.17. The Morgan fingerprint density at radius 2 is 1.33 bits per heavy atom. The Labute approximate surface area is 281 Å². The molecule has 4 nitrogen and oxygen atoms in total. The van der Waals surface area contributed by atoms with Crippen LogP contribution < -0.4 is 10.9 Å². The summed E-state index contributed by atoms with van der Waals surface area (Å²) < 4.78 is 8.39. The average molecular weight is 626 g/mol. The van der Waals surface area contributed by atoms with Crippen LogP contribution in [-0.4, -0.2) is 4.57 Å². The van der Waals surface area contributed by atoms with Gasteiger partial charge in [0.15, 0.2) is 5.58 Å². The van der Waals surface area contributed by atoms with Gasteiger partial charge in [-0.1, -0.05) is 139 Å². The first kappa shape index (κ1) is 30.8. The number of fused-ring (bicyclic) bond motifs is 7. The average Bonchev–Trinajstić information content (AvgIpc) is 3.86. The molecule has 9 rings (SSSR count). The van der Waals surface area contributed by atoms with Gasteiger partial charge in [0.05, 0.1) is 5.52 Å². The highest BCUT2D eigenvalue weighted by Crippen LogP contribution is 2.37. The van der Waals surface area contributed by atoms with Crippen molar-refractivity contribution in [3.8, 4) is 11.1 Å². The fourth-order valence-corrected chi connectivity index (χ4v) is 6.24. The van der Waals surface area contributed by atoms with Gasteiger partial charge in [0.2, 0.25) is 0 Å². The van der Waals surface area contributed by atoms with Crippen LogP contribution in [0.5, 0.6) is 0 Å². The summed E-state index contributed by atoms with van der Waals surface area (Å²) in [5.41, 5.74) is 17.1. The number of aryl methyl sites for hydroxylation is 1. The van der Waals surface area contributed by atoms with Crippen LogP contribution in [0.15, 0.2) is 174 Å². The van der Waals surface area contributed by atoms with Gasteiger partial charge in [-0.15, -0.1) is 0 Å². The van der Waals surface area contributed by atoms with Crippen molar-refractivity contribution in [2.24, 2.45) is 7.05 Å². The summed E-state index contributed by atoms with van der Waals surface area (Å²) in [6.45, 7) is 2.93. The third-order valence-corrected chi connectivity index (χ3v) is 8.71. The van der Waals surface area contributed by atoms with E-state index in [1.807, 2.05) is 36.4 Å². The first-order valence-corrected chi connectivity index (χ1v) is 16.4. The largest absolute Gasteiger partial charge is 0.454 e. The van der Waals surface area contributed by atoms with Crippen LogP contribution in [0.3, 0.4) is 0 Å². The summed E-state index contributed by atoms with van der Waals surface area (Å²) in [7, 11) is 2.11. The minimum Gasteiger partial charge on any atom is -0.454 e. The van der Waals surface area contributed by atoms with Gasteiger partial charge < -0.3 is 14.4 Å². The first-order valence-electron chi connectivity index (χ1n) is 16.4. The van der Waals surface area contributed by atoms with Gasteiger partial charge in [0.25, 0.3) is 0 Å². The summed E-state index contributed by atoms with van der Waals surface area (Å²) in [6, 6.07) is 50.2. The second-order valence-electron chi connectivity index (χ2n) is 12.1. The van der Waals surface area contributed by atoms with Crippen molar-refractivity contribution >= 4 is 49.4 Å². The maximum Gasteiger partial charge on any atom is 0.159 e. The van der Waals surface area contributed by atoms with Crippen LogP contribution in [0.2, 0.25) is 0 Å². The smallest absolute Gasteiger partial charge is 0.159 e. The lowest BCUT2D eigenvalue weighted by molar-refractivity contribution is 0.670. The molecule has 2 aromatic heterocycles. The molecule has 0 spiro atoms. The van der Waals surface area contributed by atoms with Crippen LogP contribution in [0.4, 0.5) is 5.69 Å². The first-order chi connectivity index (χ1) is 23.7. The van der Waals surface area contributed by atoms with E-state index in [2.05, 4.69) is 157 Å². The van der Waals surface area contributed by atoms with Crippen LogP contribution in [0.1, 0.15) is 18.9 Å². The van der Waals surface area contributed by atoms with E-state index in [9.17, 15) is 0 Å². The van der Waals surface area contributed by atoms with E-state index < -0.39 is 0 Å². The van der Waals surface area contributed by atoms with Gasteiger partial charge in [-0.2, -0.15) is 0 Å². The number of rotatable bonds is 5. The number of allylic oxidation sites excluding steroid dienone is 4. The highest BCUT2D eigenvalue weighted by molar-refractivity contribution is 6.20. The van der Waals surface area contributed by atoms with E-state index in [1.54, 1.807) is 0 Å². The second-order valence-corrected chi connectivity index (χ2v) is 12.1. The Bertz CT molecular complexity index is 2360. The van der Waals surface area contributed by atoms with Crippen molar-refractivity contribution in [3.05, 3.63) is 175 Å². The van der Waals surface area contributed by atoms with Gasteiger partial charge in [0.1, 0.15) is 5.58 Å². The molecule has 4 heteroatoms. The second kappa shape index (κ2) is 14.3. The Hall–Kier alpha value is -5.84. The number of nitrogens with one attached hydrogen (secondary N) is 2. The number of nitrogens with zero attached hydrogens (tertiary/aromatic N) is 1. The van der Waals surface area contributed by atoms with Crippen molar-refractivity contribution in [1.29, 1.82) is 0 Å². The minimum absolute atomic E-state index is 0.788. The molecule has 2 heterocycles. The number of aromatic nitrogens is 1. The predicted octanol–water partition coefficient (Wildman–Crippen LogP) is 11.6. The number of benzene rings is 6. The number of hydrogen-bond acceptors (Lipinski definition) is 3. The van der Waals surface area contributed by atoms with Gasteiger partial charge >= 0.3 is 0 Å². The standard InChI is InChI=1S/C19H18N2.C19H13NO.C6H8/c1-3-8-16(9-4-1)15-20-21-19-13-7-12-18(14-19)17-10-5-2-6-11-17;1-20-16-8-4-2-6-12(16)14-10-11-15-13-7-3-5-9-17(13)21-19(15)18(14)20;1-6-4-2-3-5-6/h1-14,20-21H,15H2;2-11H,1H3;2-4H,5H2,1H3. The van der Waals surface area contributed by atoms with E-state index in [0.29, 0.717) is 0 Å². The molecule has 0 saturated carbocycles. The molecular formula is C44H39N3O. The fraction of sp³-hybridized carbons (Fsp3) is 0.0909. The molecule has 6 aromatic carbocycles. The molecule has 8 aromatic rings. The molecule has 0 fully saturated rings. The fourth-order valence-electron chi connectivity index (χ4n) is 6.24. The van der Waals surface area contributed by atoms with Crippen LogP contribution in [0, 0.1) is 0 Å². The normalized spacial score (nSPS) is 12.1. The zero-order chi connectivity index (χ0) is 32.7. The lowest BCUT2D eigenvalue weighted by atomic mass is 10.1. The molecule has 0 aliphatic heterocycles. The maximum atomic E-state index is 6.16. The van der Waals surface area contributed by atoms with E-state index >= 15 is 0 Å². The predicted molar refractivity (Wildman–Crippen MR) is 204 cm³/mol. The van der Waals surface area contributed by atoms with Crippen molar-refractivity contribution in [2.75, 3.05) is 5.43 Å². The van der Waals surface area contributed by atoms with E-state index in [1.165, 1.54) is 61.3 Å². The molecule has 0 unspecified atom stereocenters. The van der Waals surface area contributed by atoms with Crippen molar-refractivity contribution in [3.63, 3.8) is 0 Å². The summed E-state index contributed by atoms with van der Waals surface area (Å²) in [6.07, 6.45) is 7.56. The number of para-hydroxylation sites is 2. The molecule has 0 radical (unpaired) electrons. The summed E-state index contributed by atoms with van der Waals surface area (Å²) >= 11 is 0. The lowest BCUT2D eigenvalue weighted by Crippen LogP contribution is -2.20. The number of hydrazine groups is 1. The molecule has 48 heavy (non-hydrogen) atoms. The van der Waals surface area contributed by atoms with Gasteiger partial charge in [0, 0.05) is 46.3 Å². The molecule has 0 saturated heterocycles. The monoisotopic (exact) mass is 625 g/mol. The zero-order valence-corrected chi connectivity index (χ0v) is 27.4. The Morgan fingerprint density at radius 1 is 0.646 bits per heavy atom. The van der Waals surface area contributed by atoms with Crippen LogP contribution in [0.25, 0.3) is 54.9 Å². The van der Waals surface area contributed by atoms with Crippen molar-refractivity contribution in [1.82, 2.24) is 9.99 Å². The number of hydrogen-bond donors (Lipinski definition) is 2. The van der Waals surface area contributed by atoms with Crippen LogP contribution in [-0.2, 0) is 13.6 Å².